The molecule has 5 rings (SSSR count). The van der Waals surface area contributed by atoms with Crippen LogP contribution in [0.1, 0.15) is 28.3 Å². The maximum absolute atomic E-state index is 5.71. The van der Waals surface area contributed by atoms with E-state index >= 15 is 0 Å². The van der Waals surface area contributed by atoms with Crippen molar-refractivity contribution in [2.75, 3.05) is 20.4 Å². The minimum absolute atomic E-state index is 0.267. The van der Waals surface area contributed by atoms with Crippen LogP contribution in [-0.2, 0) is 13.0 Å². The van der Waals surface area contributed by atoms with Crippen LogP contribution in [0.2, 0.25) is 0 Å². The first kappa shape index (κ1) is 17.8. The summed E-state index contributed by atoms with van der Waals surface area (Å²) in [5, 5.41) is 0. The number of hydrogen-bond acceptors (Lipinski definition) is 2. The van der Waals surface area contributed by atoms with Crippen LogP contribution in [-0.4, -0.2) is 24.9 Å². The van der Waals surface area contributed by atoms with Crippen molar-refractivity contribution in [3.05, 3.63) is 93.5 Å². The van der Waals surface area contributed by atoms with E-state index in [0.29, 0.717) is 6.79 Å². The van der Waals surface area contributed by atoms with Crippen LogP contribution in [0.3, 0.4) is 0 Å². The Kier molecular flexibility index (Phi) is 4.41. The van der Waals surface area contributed by atoms with Gasteiger partial charge in [-0.05, 0) is 29.8 Å². The van der Waals surface area contributed by atoms with E-state index in [1.165, 1.54) is 22.3 Å². The van der Waals surface area contributed by atoms with Gasteiger partial charge >= 0.3 is 0 Å². The van der Waals surface area contributed by atoms with Crippen molar-refractivity contribution >= 4 is 15.9 Å². The van der Waals surface area contributed by atoms with E-state index in [1.807, 2.05) is 0 Å². The van der Waals surface area contributed by atoms with Crippen LogP contribution >= 0.6 is 15.9 Å². The third-order valence-electron chi connectivity index (χ3n) is 6.02. The highest BCUT2D eigenvalue weighted by atomic mass is 79.9. The fourth-order valence-electron chi connectivity index (χ4n) is 4.66. The lowest BCUT2D eigenvalue weighted by molar-refractivity contribution is -0.948. The molecular formula is C24H23BrNO2+. The zero-order valence-electron chi connectivity index (χ0n) is 15.9. The number of quaternary nitrogens is 1. The summed E-state index contributed by atoms with van der Waals surface area (Å²) in [6, 6.07) is 24.3. The van der Waals surface area contributed by atoms with Crippen molar-refractivity contribution in [1.29, 1.82) is 0 Å². The van der Waals surface area contributed by atoms with Gasteiger partial charge in [0, 0.05) is 27.6 Å². The second-order valence-electron chi connectivity index (χ2n) is 7.96. The molecule has 3 aromatic rings. The molecule has 2 aliphatic rings. The minimum Gasteiger partial charge on any atom is -0.454 e. The van der Waals surface area contributed by atoms with Gasteiger partial charge in [0.05, 0.1) is 13.6 Å². The van der Waals surface area contributed by atoms with E-state index < -0.39 is 0 Å². The predicted molar refractivity (Wildman–Crippen MR) is 113 cm³/mol. The second kappa shape index (κ2) is 6.94. The molecule has 2 unspecified atom stereocenters. The Morgan fingerprint density at radius 1 is 0.964 bits per heavy atom. The standard InChI is InChI=1S/C24H23BrNO2/c1-26(15-17-7-9-20(25)10-8-17)12-11-19-13-22-23(28-16-27-22)14-21(19)24(26)18-5-3-2-4-6-18/h2-10,13-14,24H,11-12,15-16H2,1H3/q+1. The Bertz CT molecular complexity index is 1000. The topological polar surface area (TPSA) is 18.5 Å². The van der Waals surface area contributed by atoms with Crippen LogP contribution in [0.5, 0.6) is 11.5 Å². The molecule has 2 atom stereocenters. The van der Waals surface area contributed by atoms with Crippen LogP contribution in [0.25, 0.3) is 0 Å². The normalized spacial score (nSPS) is 22.7. The summed E-state index contributed by atoms with van der Waals surface area (Å²) in [5.74, 6) is 1.76. The summed E-state index contributed by atoms with van der Waals surface area (Å²) in [4.78, 5) is 0. The van der Waals surface area contributed by atoms with Crippen molar-refractivity contribution in [1.82, 2.24) is 0 Å². The average Bonchev–Trinajstić information content (AvgIpc) is 3.16. The number of hydrogen-bond donors (Lipinski definition) is 0. The van der Waals surface area contributed by atoms with E-state index in [4.69, 9.17) is 9.47 Å². The Morgan fingerprint density at radius 2 is 1.68 bits per heavy atom. The summed E-state index contributed by atoms with van der Waals surface area (Å²) < 4.78 is 13.4. The second-order valence-corrected chi connectivity index (χ2v) is 8.87. The summed E-state index contributed by atoms with van der Waals surface area (Å²) in [6.45, 7) is 2.39. The summed E-state index contributed by atoms with van der Waals surface area (Å²) in [5.41, 5.74) is 5.45. The van der Waals surface area contributed by atoms with Gasteiger partial charge in [-0.2, -0.15) is 0 Å². The van der Waals surface area contributed by atoms with E-state index in [-0.39, 0.29) is 6.04 Å². The summed E-state index contributed by atoms with van der Waals surface area (Å²) in [6.07, 6.45) is 1.04. The molecule has 3 nitrogen and oxygen atoms in total. The molecule has 0 aromatic heterocycles. The lowest BCUT2D eigenvalue weighted by Crippen LogP contribution is -2.50. The minimum atomic E-state index is 0.267. The average molecular weight is 437 g/mol. The lowest BCUT2D eigenvalue weighted by Gasteiger charge is -2.46. The monoisotopic (exact) mass is 436 g/mol. The first-order chi connectivity index (χ1) is 13.6. The van der Waals surface area contributed by atoms with E-state index in [0.717, 1.165) is 40.0 Å². The number of nitrogens with zero attached hydrogens (tertiary/aromatic N) is 1. The number of fused-ring (bicyclic) bond motifs is 2. The fourth-order valence-corrected chi connectivity index (χ4v) is 4.93. The summed E-state index contributed by atoms with van der Waals surface area (Å²) in [7, 11) is 2.38. The highest BCUT2D eigenvalue weighted by molar-refractivity contribution is 9.10. The maximum Gasteiger partial charge on any atom is 0.231 e. The molecule has 0 aliphatic carbocycles. The van der Waals surface area contributed by atoms with Gasteiger partial charge in [-0.3, -0.25) is 0 Å². The Hall–Kier alpha value is -2.30. The van der Waals surface area contributed by atoms with Crippen molar-refractivity contribution in [3.63, 3.8) is 0 Å². The van der Waals surface area contributed by atoms with E-state index in [9.17, 15) is 0 Å². The molecule has 0 saturated carbocycles. The van der Waals surface area contributed by atoms with Gasteiger partial charge in [0.2, 0.25) is 6.79 Å². The van der Waals surface area contributed by atoms with Gasteiger partial charge in [0.15, 0.2) is 11.5 Å². The largest absolute Gasteiger partial charge is 0.454 e. The predicted octanol–water partition coefficient (Wildman–Crippen LogP) is 5.47. The van der Waals surface area contributed by atoms with Crippen molar-refractivity contribution in [2.45, 2.75) is 19.0 Å². The first-order valence-corrected chi connectivity index (χ1v) is 10.5. The molecule has 0 saturated heterocycles. The number of halogens is 1. The number of likely N-dealkylation sites (N-methyl/N-ethyl adjacent to an activating group) is 1. The van der Waals surface area contributed by atoms with Crippen molar-refractivity contribution in [3.8, 4) is 11.5 Å². The molecular weight excluding hydrogens is 414 g/mol. The Balaban J connectivity index is 1.62. The van der Waals surface area contributed by atoms with Crippen LogP contribution in [0.15, 0.2) is 71.2 Å². The quantitative estimate of drug-likeness (QED) is 0.506. The molecule has 28 heavy (non-hydrogen) atoms. The molecule has 3 aromatic carbocycles. The highest BCUT2D eigenvalue weighted by Gasteiger charge is 2.41. The van der Waals surface area contributed by atoms with E-state index in [2.05, 4.69) is 89.7 Å². The van der Waals surface area contributed by atoms with Crippen LogP contribution < -0.4 is 9.47 Å². The zero-order chi connectivity index (χ0) is 19.1. The molecule has 0 N–H and O–H groups in total. The molecule has 0 radical (unpaired) electrons. The maximum atomic E-state index is 5.71. The molecule has 0 fully saturated rings. The SMILES string of the molecule is C[N+]1(Cc2ccc(Br)cc2)CCc2cc3c(cc2C1c1ccccc1)OCO3. The third-order valence-corrected chi connectivity index (χ3v) is 6.55. The van der Waals surface area contributed by atoms with Crippen molar-refractivity contribution in [2.24, 2.45) is 0 Å². The Labute approximate surface area is 174 Å². The van der Waals surface area contributed by atoms with Gasteiger partial charge in [-0.15, -0.1) is 0 Å². The van der Waals surface area contributed by atoms with Crippen LogP contribution in [0.4, 0.5) is 0 Å². The Morgan fingerprint density at radius 3 is 2.43 bits per heavy atom. The molecule has 0 spiro atoms. The molecule has 2 heterocycles. The number of ether oxygens (including phenoxy) is 2. The molecule has 0 amide bonds. The fraction of sp³-hybridized carbons (Fsp3) is 0.250. The van der Waals surface area contributed by atoms with Gasteiger partial charge in [0.25, 0.3) is 0 Å². The molecule has 2 aliphatic heterocycles. The van der Waals surface area contributed by atoms with Gasteiger partial charge in [-0.25, -0.2) is 0 Å². The lowest BCUT2D eigenvalue weighted by atomic mass is 9.85. The smallest absolute Gasteiger partial charge is 0.231 e. The van der Waals surface area contributed by atoms with Gasteiger partial charge in [-0.1, -0.05) is 58.4 Å². The highest BCUT2D eigenvalue weighted by Crippen LogP contribution is 2.45. The first-order valence-electron chi connectivity index (χ1n) is 9.68. The zero-order valence-corrected chi connectivity index (χ0v) is 17.5. The van der Waals surface area contributed by atoms with Gasteiger partial charge < -0.3 is 14.0 Å². The van der Waals surface area contributed by atoms with Crippen LogP contribution in [0, 0.1) is 0 Å². The number of benzene rings is 3. The number of rotatable bonds is 3. The van der Waals surface area contributed by atoms with Crippen molar-refractivity contribution < 1.29 is 14.0 Å². The molecule has 4 heteroatoms. The third kappa shape index (κ3) is 3.11. The summed E-state index contributed by atoms with van der Waals surface area (Å²) >= 11 is 3.55. The molecule has 142 valence electrons. The van der Waals surface area contributed by atoms with E-state index in [1.54, 1.807) is 0 Å². The molecule has 0 bridgehead atoms. The van der Waals surface area contributed by atoms with Gasteiger partial charge in [0.1, 0.15) is 12.6 Å².